The Morgan fingerprint density at radius 3 is 2.94 bits per heavy atom. The summed E-state index contributed by atoms with van der Waals surface area (Å²) in [7, 11) is 1.61. The highest BCUT2D eigenvalue weighted by molar-refractivity contribution is 5.76. The van der Waals surface area contributed by atoms with Crippen LogP contribution in [0.25, 0.3) is 0 Å². The lowest BCUT2D eigenvalue weighted by atomic mass is 10.1. The number of benzene rings is 1. The zero-order chi connectivity index (χ0) is 12.7. The molecule has 0 radical (unpaired) electrons. The van der Waals surface area contributed by atoms with Gasteiger partial charge in [0, 0.05) is 13.0 Å². The lowest BCUT2D eigenvalue weighted by molar-refractivity contribution is -0.122. The molecule has 0 aromatic heterocycles. The van der Waals surface area contributed by atoms with Crippen LogP contribution in [0.2, 0.25) is 0 Å². The Kier molecular flexibility index (Phi) is 5.49. The largest absolute Gasteiger partial charge is 0.497 e. The minimum absolute atomic E-state index is 0.0426. The molecule has 1 amide bonds. The molecule has 1 aromatic carbocycles. The molecule has 0 spiro atoms. The molecule has 0 saturated heterocycles. The fourth-order valence-electron chi connectivity index (χ4n) is 1.55. The molecule has 4 heteroatoms. The Hall–Kier alpha value is -1.55. The molecule has 0 aliphatic heterocycles. The van der Waals surface area contributed by atoms with E-state index in [2.05, 4.69) is 5.32 Å². The summed E-state index contributed by atoms with van der Waals surface area (Å²) in [5, 5.41) is 11.5. The van der Waals surface area contributed by atoms with Crippen molar-refractivity contribution in [3.8, 4) is 5.75 Å². The highest BCUT2D eigenvalue weighted by atomic mass is 16.5. The van der Waals surface area contributed by atoms with E-state index in [4.69, 9.17) is 9.84 Å². The maximum atomic E-state index is 11.5. The summed E-state index contributed by atoms with van der Waals surface area (Å²) in [5.74, 6) is 0.730. The van der Waals surface area contributed by atoms with E-state index >= 15 is 0 Å². The minimum atomic E-state index is -0.0590. The molecule has 1 rings (SSSR count). The number of aliphatic hydroxyl groups is 1. The van der Waals surface area contributed by atoms with Crippen molar-refractivity contribution in [1.29, 1.82) is 0 Å². The molecule has 4 nitrogen and oxygen atoms in total. The van der Waals surface area contributed by atoms with Crippen LogP contribution in [0.5, 0.6) is 5.75 Å². The number of carbonyl (C=O) groups is 1. The number of hydrogen-bond acceptors (Lipinski definition) is 3. The van der Waals surface area contributed by atoms with Crippen LogP contribution in [0.15, 0.2) is 24.3 Å². The Balaban J connectivity index is 2.56. The summed E-state index contributed by atoms with van der Waals surface area (Å²) in [6.07, 6.45) is 0.849. The van der Waals surface area contributed by atoms with Gasteiger partial charge in [-0.05, 0) is 31.0 Å². The van der Waals surface area contributed by atoms with Crippen LogP contribution >= 0.6 is 0 Å². The third-order valence-corrected chi connectivity index (χ3v) is 2.53. The summed E-state index contributed by atoms with van der Waals surface area (Å²) in [6.45, 7) is 1.96. The molecule has 0 aliphatic carbocycles. The monoisotopic (exact) mass is 237 g/mol. The Morgan fingerprint density at radius 1 is 1.53 bits per heavy atom. The van der Waals surface area contributed by atoms with Crippen molar-refractivity contribution in [2.75, 3.05) is 13.7 Å². The number of methoxy groups -OCH3 is 1. The first-order valence-electron chi connectivity index (χ1n) is 5.71. The van der Waals surface area contributed by atoms with Crippen molar-refractivity contribution < 1.29 is 14.6 Å². The molecule has 1 unspecified atom stereocenters. The molecule has 0 heterocycles. The predicted octanol–water partition coefficient (Wildman–Crippen LogP) is 1.64. The van der Waals surface area contributed by atoms with Gasteiger partial charge in [0.2, 0.25) is 5.91 Å². The lowest BCUT2D eigenvalue weighted by Crippen LogP contribution is -2.26. The van der Waals surface area contributed by atoms with Crippen LogP contribution in [0.3, 0.4) is 0 Å². The van der Waals surface area contributed by atoms with E-state index in [-0.39, 0.29) is 18.6 Å². The summed E-state index contributed by atoms with van der Waals surface area (Å²) in [5.41, 5.74) is 1.00. The lowest BCUT2D eigenvalue weighted by Gasteiger charge is -2.15. The molecule has 1 aromatic rings. The van der Waals surface area contributed by atoms with Gasteiger partial charge in [-0.2, -0.15) is 0 Å². The van der Waals surface area contributed by atoms with Gasteiger partial charge in [0.25, 0.3) is 0 Å². The van der Waals surface area contributed by atoms with E-state index in [1.54, 1.807) is 7.11 Å². The van der Waals surface area contributed by atoms with E-state index in [0.717, 1.165) is 11.3 Å². The van der Waals surface area contributed by atoms with Gasteiger partial charge in [-0.15, -0.1) is 0 Å². The van der Waals surface area contributed by atoms with Crippen LogP contribution in [0.1, 0.15) is 31.4 Å². The molecular formula is C13H19NO3. The second-order valence-electron chi connectivity index (χ2n) is 3.89. The highest BCUT2D eigenvalue weighted by Crippen LogP contribution is 2.18. The molecule has 1 atom stereocenters. The van der Waals surface area contributed by atoms with E-state index in [9.17, 15) is 4.79 Å². The van der Waals surface area contributed by atoms with Gasteiger partial charge in [0.1, 0.15) is 5.75 Å². The highest BCUT2D eigenvalue weighted by Gasteiger charge is 2.09. The van der Waals surface area contributed by atoms with Crippen LogP contribution in [-0.2, 0) is 4.79 Å². The standard InChI is InChI=1S/C13H19NO3/c1-10(14-13(16)7-4-8-15)11-5-3-6-12(9-11)17-2/h3,5-6,9-10,15H,4,7-8H2,1-2H3,(H,14,16). The molecule has 94 valence electrons. The topological polar surface area (TPSA) is 58.6 Å². The Labute approximate surface area is 102 Å². The third kappa shape index (κ3) is 4.44. The number of aliphatic hydroxyl groups excluding tert-OH is 1. The molecule has 0 saturated carbocycles. The smallest absolute Gasteiger partial charge is 0.220 e. The fourth-order valence-corrected chi connectivity index (χ4v) is 1.55. The van der Waals surface area contributed by atoms with Gasteiger partial charge in [-0.25, -0.2) is 0 Å². The van der Waals surface area contributed by atoms with Crippen molar-refractivity contribution >= 4 is 5.91 Å². The molecule has 0 bridgehead atoms. The maximum absolute atomic E-state index is 11.5. The van der Waals surface area contributed by atoms with Crippen molar-refractivity contribution in [2.45, 2.75) is 25.8 Å². The van der Waals surface area contributed by atoms with Crippen LogP contribution in [0.4, 0.5) is 0 Å². The molecule has 2 N–H and O–H groups in total. The first-order chi connectivity index (χ1) is 8.17. The zero-order valence-electron chi connectivity index (χ0n) is 10.3. The van der Waals surface area contributed by atoms with Crippen molar-refractivity contribution in [1.82, 2.24) is 5.32 Å². The number of nitrogens with one attached hydrogen (secondary N) is 1. The quantitative estimate of drug-likeness (QED) is 0.791. The van der Waals surface area contributed by atoms with Crippen molar-refractivity contribution in [3.05, 3.63) is 29.8 Å². The van der Waals surface area contributed by atoms with Gasteiger partial charge >= 0.3 is 0 Å². The Morgan fingerprint density at radius 2 is 2.29 bits per heavy atom. The summed E-state index contributed by atoms with van der Waals surface area (Å²) in [6, 6.07) is 7.54. The number of carbonyl (C=O) groups excluding carboxylic acids is 1. The van der Waals surface area contributed by atoms with Crippen molar-refractivity contribution in [3.63, 3.8) is 0 Å². The van der Waals surface area contributed by atoms with E-state index in [1.165, 1.54) is 0 Å². The zero-order valence-corrected chi connectivity index (χ0v) is 10.3. The van der Waals surface area contributed by atoms with Gasteiger partial charge < -0.3 is 15.2 Å². The SMILES string of the molecule is COc1cccc(C(C)NC(=O)CCCO)c1. The average molecular weight is 237 g/mol. The van der Waals surface area contributed by atoms with Crippen molar-refractivity contribution in [2.24, 2.45) is 0 Å². The molecule has 17 heavy (non-hydrogen) atoms. The van der Waals surface area contributed by atoms with E-state index < -0.39 is 0 Å². The van der Waals surface area contributed by atoms with Gasteiger partial charge in [0.15, 0.2) is 0 Å². The van der Waals surface area contributed by atoms with Crippen LogP contribution in [0, 0.1) is 0 Å². The number of hydrogen-bond donors (Lipinski definition) is 2. The van der Waals surface area contributed by atoms with Crippen LogP contribution < -0.4 is 10.1 Å². The van der Waals surface area contributed by atoms with Gasteiger partial charge in [-0.1, -0.05) is 12.1 Å². The average Bonchev–Trinajstić information content (AvgIpc) is 2.36. The third-order valence-electron chi connectivity index (χ3n) is 2.53. The fraction of sp³-hybridized carbons (Fsp3) is 0.462. The first-order valence-corrected chi connectivity index (χ1v) is 5.71. The summed E-state index contributed by atoms with van der Waals surface area (Å²) < 4.78 is 5.13. The Bertz CT molecular complexity index is 365. The normalized spacial score (nSPS) is 11.9. The molecular weight excluding hydrogens is 218 g/mol. The van der Waals surface area contributed by atoms with Gasteiger partial charge in [0.05, 0.1) is 13.2 Å². The second-order valence-corrected chi connectivity index (χ2v) is 3.89. The van der Waals surface area contributed by atoms with E-state index in [0.29, 0.717) is 12.8 Å². The minimum Gasteiger partial charge on any atom is -0.497 e. The van der Waals surface area contributed by atoms with Crippen LogP contribution in [-0.4, -0.2) is 24.7 Å². The maximum Gasteiger partial charge on any atom is 0.220 e. The number of ether oxygens (including phenoxy) is 1. The number of rotatable bonds is 6. The second kappa shape index (κ2) is 6.91. The van der Waals surface area contributed by atoms with E-state index in [1.807, 2.05) is 31.2 Å². The van der Waals surface area contributed by atoms with Gasteiger partial charge in [-0.3, -0.25) is 4.79 Å². The predicted molar refractivity (Wildman–Crippen MR) is 65.9 cm³/mol. The first kappa shape index (κ1) is 13.5. The number of amides is 1. The molecule has 0 fully saturated rings. The summed E-state index contributed by atoms with van der Waals surface area (Å²) >= 11 is 0. The summed E-state index contributed by atoms with van der Waals surface area (Å²) in [4.78, 5) is 11.5. The molecule has 0 aliphatic rings.